The minimum Gasteiger partial charge on any atom is -0.341 e. The zero-order valence-electron chi connectivity index (χ0n) is 15.6. The third kappa shape index (κ3) is 4.81. The number of hydrogen-bond donors (Lipinski definition) is 1. The van der Waals surface area contributed by atoms with Gasteiger partial charge in [-0.05, 0) is 68.8 Å². The second kappa shape index (κ2) is 8.88. The zero-order valence-corrected chi connectivity index (χ0v) is 17.3. The Morgan fingerprint density at radius 1 is 1.26 bits per heavy atom. The van der Waals surface area contributed by atoms with Crippen LogP contribution in [0, 0.1) is 11.7 Å². The Morgan fingerprint density at radius 3 is 2.44 bits per heavy atom. The van der Waals surface area contributed by atoms with Crippen LogP contribution in [0.2, 0.25) is 0 Å². The van der Waals surface area contributed by atoms with Crippen LogP contribution in [-0.4, -0.2) is 56.4 Å². The first-order valence-electron chi connectivity index (χ1n) is 9.26. The fourth-order valence-electron chi connectivity index (χ4n) is 4.20. The summed E-state index contributed by atoms with van der Waals surface area (Å²) in [6, 6.07) is 6.64. The van der Waals surface area contributed by atoms with Gasteiger partial charge in [0.15, 0.2) is 14.6 Å². The van der Waals surface area contributed by atoms with E-state index in [2.05, 4.69) is 5.32 Å². The van der Waals surface area contributed by atoms with Gasteiger partial charge in [-0.3, -0.25) is 4.79 Å². The van der Waals surface area contributed by atoms with Crippen LogP contribution in [0.3, 0.4) is 0 Å². The lowest BCUT2D eigenvalue weighted by atomic mass is 9.88. The number of carbonyl (C=O) groups is 1. The Bertz CT molecular complexity index is 758. The Labute approximate surface area is 167 Å². The summed E-state index contributed by atoms with van der Waals surface area (Å²) in [6.07, 6.45) is 4.30. The quantitative estimate of drug-likeness (QED) is 0.814. The molecule has 27 heavy (non-hydrogen) atoms. The average molecular weight is 419 g/mol. The number of benzene rings is 1. The van der Waals surface area contributed by atoms with E-state index in [0.29, 0.717) is 44.9 Å². The Hall–Kier alpha value is -1.18. The molecule has 0 aromatic heterocycles. The summed E-state index contributed by atoms with van der Waals surface area (Å²) in [4.78, 5) is 14.8. The van der Waals surface area contributed by atoms with Gasteiger partial charge in [0.05, 0.1) is 0 Å². The molecule has 1 aromatic carbocycles. The first-order chi connectivity index (χ1) is 12.3. The molecule has 0 spiro atoms. The van der Waals surface area contributed by atoms with Crippen LogP contribution < -0.4 is 5.32 Å². The van der Waals surface area contributed by atoms with Crippen molar-refractivity contribution in [2.75, 3.05) is 32.4 Å². The molecule has 1 amide bonds. The van der Waals surface area contributed by atoms with E-state index in [1.54, 1.807) is 17.0 Å². The number of halogens is 2. The van der Waals surface area contributed by atoms with E-state index in [-0.39, 0.29) is 24.1 Å². The fraction of sp³-hybridized carbons (Fsp3) is 0.632. The molecule has 2 aliphatic heterocycles. The molecule has 2 fully saturated rings. The summed E-state index contributed by atoms with van der Waals surface area (Å²) in [5.41, 5.74) is 0.973. The summed E-state index contributed by atoms with van der Waals surface area (Å²) in [5, 5.41) is 3.14. The standard InChI is InChI=1S/C19H27FN2O3S.ClH/c1-26(24,25)19(7-9-21-10-8-19)18(23)22-11-5-15(6-12-22)13-16-3-2-4-17(20)14-16;/h2-4,14-15,21H,5-13H2,1H3;1H. The van der Waals surface area contributed by atoms with Gasteiger partial charge in [0.1, 0.15) is 5.82 Å². The third-order valence-corrected chi connectivity index (χ3v) is 7.83. The van der Waals surface area contributed by atoms with Crippen molar-refractivity contribution in [1.29, 1.82) is 0 Å². The van der Waals surface area contributed by atoms with E-state index in [9.17, 15) is 17.6 Å². The lowest BCUT2D eigenvalue weighted by Crippen LogP contribution is -2.59. The molecule has 0 atom stereocenters. The van der Waals surface area contributed by atoms with Crippen molar-refractivity contribution < 1.29 is 17.6 Å². The minimum absolute atomic E-state index is 0. The van der Waals surface area contributed by atoms with Gasteiger partial charge in [-0.1, -0.05) is 12.1 Å². The topological polar surface area (TPSA) is 66.5 Å². The van der Waals surface area contributed by atoms with Crippen molar-refractivity contribution >= 4 is 28.2 Å². The Morgan fingerprint density at radius 2 is 1.89 bits per heavy atom. The van der Waals surface area contributed by atoms with Gasteiger partial charge in [0.25, 0.3) is 0 Å². The molecular formula is C19H28ClFN2O3S. The SMILES string of the molecule is CS(=O)(=O)C1(C(=O)N2CCC(Cc3cccc(F)c3)CC2)CCNCC1.Cl. The summed E-state index contributed by atoms with van der Waals surface area (Å²) in [6.45, 7) is 2.25. The second-order valence-corrected chi connectivity index (χ2v) is 9.91. The highest BCUT2D eigenvalue weighted by molar-refractivity contribution is 7.92. The number of carbonyl (C=O) groups excluding carboxylic acids is 1. The number of hydrogen-bond acceptors (Lipinski definition) is 4. The number of piperidine rings is 2. The molecule has 0 bridgehead atoms. The van der Waals surface area contributed by atoms with Crippen LogP contribution in [0.25, 0.3) is 0 Å². The highest BCUT2D eigenvalue weighted by Gasteiger charge is 2.50. The molecule has 5 nitrogen and oxygen atoms in total. The normalized spacial score (nSPS) is 20.7. The number of nitrogens with one attached hydrogen (secondary N) is 1. The number of likely N-dealkylation sites (tertiary alicyclic amines) is 1. The maximum absolute atomic E-state index is 13.3. The highest BCUT2D eigenvalue weighted by atomic mass is 35.5. The van der Waals surface area contributed by atoms with E-state index in [1.807, 2.05) is 6.07 Å². The molecule has 3 rings (SSSR count). The lowest BCUT2D eigenvalue weighted by molar-refractivity contribution is -0.136. The highest BCUT2D eigenvalue weighted by Crippen LogP contribution is 2.32. The van der Waals surface area contributed by atoms with Gasteiger partial charge < -0.3 is 10.2 Å². The molecule has 8 heteroatoms. The van der Waals surface area contributed by atoms with Crippen molar-refractivity contribution in [2.24, 2.45) is 5.92 Å². The molecule has 2 heterocycles. The minimum atomic E-state index is -3.48. The van der Waals surface area contributed by atoms with Crippen LogP contribution in [-0.2, 0) is 21.1 Å². The predicted octanol–water partition coefficient (Wildman–Crippen LogP) is 2.20. The van der Waals surface area contributed by atoms with E-state index < -0.39 is 14.6 Å². The lowest BCUT2D eigenvalue weighted by Gasteiger charge is -2.41. The molecule has 2 aliphatic rings. The van der Waals surface area contributed by atoms with Crippen molar-refractivity contribution in [2.45, 2.75) is 36.9 Å². The monoisotopic (exact) mass is 418 g/mol. The molecule has 0 radical (unpaired) electrons. The van der Waals surface area contributed by atoms with Crippen LogP contribution in [0.15, 0.2) is 24.3 Å². The number of sulfone groups is 1. The van der Waals surface area contributed by atoms with Gasteiger partial charge in [0.2, 0.25) is 5.91 Å². The van der Waals surface area contributed by atoms with Crippen molar-refractivity contribution in [3.05, 3.63) is 35.6 Å². The van der Waals surface area contributed by atoms with Crippen molar-refractivity contribution in [3.8, 4) is 0 Å². The van der Waals surface area contributed by atoms with Crippen molar-refractivity contribution in [3.63, 3.8) is 0 Å². The van der Waals surface area contributed by atoms with Crippen LogP contribution in [0.1, 0.15) is 31.2 Å². The van der Waals surface area contributed by atoms with E-state index in [4.69, 9.17) is 0 Å². The zero-order chi connectivity index (χ0) is 18.8. The summed E-state index contributed by atoms with van der Waals surface area (Å²) in [7, 11) is -3.48. The molecular weight excluding hydrogens is 391 g/mol. The van der Waals surface area contributed by atoms with Gasteiger partial charge in [0, 0.05) is 19.3 Å². The smallest absolute Gasteiger partial charge is 0.244 e. The largest absolute Gasteiger partial charge is 0.341 e. The van der Waals surface area contributed by atoms with E-state index in [0.717, 1.165) is 24.8 Å². The molecule has 1 aromatic rings. The van der Waals surface area contributed by atoms with Gasteiger partial charge >= 0.3 is 0 Å². The molecule has 1 N–H and O–H groups in total. The fourth-order valence-corrected chi connectivity index (χ4v) is 5.59. The molecule has 0 aliphatic carbocycles. The Balaban J connectivity index is 0.00000261. The second-order valence-electron chi connectivity index (χ2n) is 7.59. The van der Waals surface area contributed by atoms with Crippen LogP contribution in [0.5, 0.6) is 0 Å². The van der Waals surface area contributed by atoms with Gasteiger partial charge in [-0.15, -0.1) is 12.4 Å². The van der Waals surface area contributed by atoms with Crippen molar-refractivity contribution in [1.82, 2.24) is 10.2 Å². The number of nitrogens with zero attached hydrogens (tertiary/aromatic N) is 1. The number of rotatable bonds is 4. The van der Waals surface area contributed by atoms with Crippen LogP contribution in [0.4, 0.5) is 4.39 Å². The maximum Gasteiger partial charge on any atom is 0.244 e. The van der Waals surface area contributed by atoms with Gasteiger partial charge in [-0.25, -0.2) is 12.8 Å². The summed E-state index contributed by atoms with van der Waals surface area (Å²) >= 11 is 0. The first kappa shape index (κ1) is 22.1. The maximum atomic E-state index is 13.3. The Kier molecular flexibility index (Phi) is 7.27. The summed E-state index contributed by atoms with van der Waals surface area (Å²) in [5.74, 6) is -0.0649. The molecule has 0 saturated carbocycles. The predicted molar refractivity (Wildman–Crippen MR) is 106 cm³/mol. The average Bonchev–Trinajstić information content (AvgIpc) is 2.61. The first-order valence-corrected chi connectivity index (χ1v) is 11.2. The molecule has 152 valence electrons. The third-order valence-electron chi connectivity index (χ3n) is 5.83. The summed E-state index contributed by atoms with van der Waals surface area (Å²) < 4.78 is 36.9. The van der Waals surface area contributed by atoms with Crippen LogP contribution >= 0.6 is 12.4 Å². The molecule has 0 unspecified atom stereocenters. The number of amides is 1. The van der Waals surface area contributed by atoms with E-state index >= 15 is 0 Å². The molecule has 2 saturated heterocycles. The van der Waals surface area contributed by atoms with Gasteiger partial charge in [-0.2, -0.15) is 0 Å². The van der Waals surface area contributed by atoms with E-state index in [1.165, 1.54) is 12.3 Å².